The van der Waals surface area contributed by atoms with Crippen LogP contribution in [0.4, 0.5) is 0 Å². The smallest absolute Gasteiger partial charge is 0.259 e. The second kappa shape index (κ2) is 5.99. The molecule has 1 amide bonds. The molecule has 0 aliphatic carbocycles. The van der Waals surface area contributed by atoms with Crippen LogP contribution in [-0.2, 0) is 0 Å². The zero-order chi connectivity index (χ0) is 17.6. The predicted octanol–water partition coefficient (Wildman–Crippen LogP) is 3.36. The van der Waals surface area contributed by atoms with E-state index < -0.39 is 0 Å². The van der Waals surface area contributed by atoms with Gasteiger partial charge in [0, 0.05) is 30.9 Å². The predicted molar refractivity (Wildman–Crippen MR) is 96.8 cm³/mol. The number of carbonyl (C=O) groups excluding carboxylic acids is 1. The van der Waals surface area contributed by atoms with E-state index in [-0.39, 0.29) is 11.9 Å². The highest BCUT2D eigenvalue weighted by molar-refractivity contribution is 6.01. The van der Waals surface area contributed by atoms with Gasteiger partial charge in [0.15, 0.2) is 5.65 Å². The van der Waals surface area contributed by atoms with Crippen LogP contribution in [-0.4, -0.2) is 38.0 Å². The number of hydrogen-bond acceptors (Lipinski definition) is 3. The molecule has 0 bridgehead atoms. The zero-order valence-corrected chi connectivity index (χ0v) is 14.8. The minimum atomic E-state index is 0.0368. The zero-order valence-electron chi connectivity index (χ0n) is 14.8. The topological polar surface area (TPSA) is 50.5 Å². The minimum Gasteiger partial charge on any atom is -0.335 e. The van der Waals surface area contributed by atoms with Crippen LogP contribution in [0.3, 0.4) is 0 Å². The maximum atomic E-state index is 13.2. The number of amides is 1. The molecule has 2 aromatic heterocycles. The highest BCUT2D eigenvalue weighted by Gasteiger charge is 2.36. The van der Waals surface area contributed by atoms with Crippen LogP contribution < -0.4 is 0 Å². The van der Waals surface area contributed by atoms with E-state index in [0.29, 0.717) is 17.1 Å². The molecule has 0 radical (unpaired) electrons. The van der Waals surface area contributed by atoms with E-state index in [1.165, 1.54) is 11.1 Å². The van der Waals surface area contributed by atoms with Gasteiger partial charge in [-0.05, 0) is 44.4 Å². The first-order valence-electron chi connectivity index (χ1n) is 8.72. The Labute approximate surface area is 147 Å². The van der Waals surface area contributed by atoms with Gasteiger partial charge >= 0.3 is 0 Å². The van der Waals surface area contributed by atoms with Crippen molar-refractivity contribution >= 4 is 11.6 Å². The van der Waals surface area contributed by atoms with Crippen molar-refractivity contribution < 1.29 is 4.79 Å². The van der Waals surface area contributed by atoms with E-state index in [0.717, 1.165) is 18.7 Å². The van der Waals surface area contributed by atoms with Gasteiger partial charge in [-0.25, -0.2) is 9.50 Å². The maximum absolute atomic E-state index is 13.2. The molecule has 128 valence electrons. The van der Waals surface area contributed by atoms with Crippen molar-refractivity contribution in [3.63, 3.8) is 0 Å². The summed E-state index contributed by atoms with van der Waals surface area (Å²) in [7, 11) is 0. The molecule has 1 aliphatic heterocycles. The number of nitrogens with zero attached hydrogens (tertiary/aromatic N) is 4. The highest BCUT2D eigenvalue weighted by atomic mass is 16.2. The first-order chi connectivity index (χ1) is 12.1. The second-order valence-corrected chi connectivity index (χ2v) is 6.94. The van der Waals surface area contributed by atoms with E-state index in [1.54, 1.807) is 10.7 Å². The van der Waals surface area contributed by atoms with E-state index in [2.05, 4.69) is 48.2 Å². The monoisotopic (exact) mass is 334 g/mol. The van der Waals surface area contributed by atoms with Crippen LogP contribution in [0.2, 0.25) is 0 Å². The summed E-state index contributed by atoms with van der Waals surface area (Å²) in [4.78, 5) is 19.6. The fourth-order valence-corrected chi connectivity index (χ4v) is 3.97. The van der Waals surface area contributed by atoms with Crippen molar-refractivity contribution in [3.05, 3.63) is 65.1 Å². The van der Waals surface area contributed by atoms with Crippen molar-refractivity contribution in [2.45, 2.75) is 39.2 Å². The lowest BCUT2D eigenvalue weighted by Gasteiger charge is -2.21. The molecule has 2 atom stereocenters. The third-order valence-corrected chi connectivity index (χ3v) is 5.25. The first-order valence-corrected chi connectivity index (χ1v) is 8.72. The Balaban J connectivity index is 1.67. The lowest BCUT2D eigenvalue weighted by Crippen LogP contribution is -2.34. The summed E-state index contributed by atoms with van der Waals surface area (Å²) in [6, 6.07) is 10.5. The van der Waals surface area contributed by atoms with Crippen LogP contribution in [0.25, 0.3) is 5.65 Å². The summed E-state index contributed by atoms with van der Waals surface area (Å²) in [5, 5.41) is 4.43. The van der Waals surface area contributed by atoms with Crippen LogP contribution in [0, 0.1) is 13.8 Å². The summed E-state index contributed by atoms with van der Waals surface area (Å²) in [6.07, 6.45) is 4.52. The van der Waals surface area contributed by atoms with Gasteiger partial charge < -0.3 is 4.90 Å². The number of hydrogen-bond donors (Lipinski definition) is 0. The Morgan fingerprint density at radius 1 is 1.20 bits per heavy atom. The summed E-state index contributed by atoms with van der Waals surface area (Å²) in [5.41, 5.74) is 4.63. The molecule has 0 saturated carbocycles. The Kier molecular flexibility index (Phi) is 3.79. The van der Waals surface area contributed by atoms with Gasteiger partial charge in [-0.3, -0.25) is 4.79 Å². The van der Waals surface area contributed by atoms with Crippen LogP contribution in [0.5, 0.6) is 0 Å². The van der Waals surface area contributed by atoms with Crippen LogP contribution in [0.1, 0.15) is 46.4 Å². The molecule has 1 fully saturated rings. The quantitative estimate of drug-likeness (QED) is 0.722. The third-order valence-electron chi connectivity index (χ3n) is 5.25. The van der Waals surface area contributed by atoms with E-state index >= 15 is 0 Å². The van der Waals surface area contributed by atoms with Crippen LogP contribution >= 0.6 is 0 Å². The van der Waals surface area contributed by atoms with Gasteiger partial charge in [-0.1, -0.05) is 24.3 Å². The normalized spacial score (nSPS) is 20.4. The van der Waals surface area contributed by atoms with Crippen molar-refractivity contribution in [2.24, 2.45) is 0 Å². The highest BCUT2D eigenvalue weighted by Crippen LogP contribution is 2.34. The number of benzene rings is 1. The molecule has 3 aromatic rings. The van der Waals surface area contributed by atoms with Gasteiger partial charge in [0.2, 0.25) is 0 Å². The molecule has 1 aliphatic rings. The number of rotatable bonds is 2. The molecule has 5 heteroatoms. The van der Waals surface area contributed by atoms with E-state index in [9.17, 15) is 4.79 Å². The fourth-order valence-electron chi connectivity index (χ4n) is 3.97. The lowest BCUT2D eigenvalue weighted by molar-refractivity contribution is 0.0747. The molecule has 1 saturated heterocycles. The van der Waals surface area contributed by atoms with E-state index in [1.807, 2.05) is 24.1 Å². The first kappa shape index (κ1) is 15.8. The van der Waals surface area contributed by atoms with Crippen molar-refractivity contribution in [1.29, 1.82) is 0 Å². The summed E-state index contributed by atoms with van der Waals surface area (Å²) in [6.45, 7) is 6.89. The fraction of sp³-hybridized carbons (Fsp3) is 0.350. The molecule has 1 aromatic carbocycles. The Morgan fingerprint density at radius 3 is 2.80 bits per heavy atom. The number of carbonyl (C=O) groups is 1. The lowest BCUT2D eigenvalue weighted by atomic mass is 9.93. The number of likely N-dealkylation sites (tertiary alicyclic amines) is 1. The standard InChI is InChI=1S/C20H22N4O/c1-13-7-4-5-8-17(13)16-11-14(2)23(12-16)20(25)18-15(3)22-24-10-6-9-21-19(18)24/h4-10,14,16H,11-12H2,1-3H3. The van der Waals surface area contributed by atoms with Gasteiger partial charge in [0.1, 0.15) is 5.56 Å². The molecule has 4 rings (SSSR count). The van der Waals surface area contributed by atoms with E-state index in [4.69, 9.17) is 0 Å². The third kappa shape index (κ3) is 2.60. The maximum Gasteiger partial charge on any atom is 0.259 e. The molecular weight excluding hydrogens is 312 g/mol. The Morgan fingerprint density at radius 2 is 2.00 bits per heavy atom. The average Bonchev–Trinajstić information content (AvgIpc) is 3.14. The summed E-state index contributed by atoms with van der Waals surface area (Å²) < 4.78 is 1.68. The van der Waals surface area contributed by atoms with Crippen molar-refractivity contribution in [1.82, 2.24) is 19.5 Å². The summed E-state index contributed by atoms with van der Waals surface area (Å²) in [5.74, 6) is 0.421. The van der Waals surface area contributed by atoms with Crippen LogP contribution in [0.15, 0.2) is 42.7 Å². The molecule has 25 heavy (non-hydrogen) atoms. The molecular formula is C20H22N4O. The average molecular weight is 334 g/mol. The van der Waals surface area contributed by atoms with Gasteiger partial charge in [0.05, 0.1) is 5.69 Å². The molecule has 2 unspecified atom stereocenters. The van der Waals surface area contributed by atoms with Gasteiger partial charge in [-0.15, -0.1) is 0 Å². The second-order valence-electron chi connectivity index (χ2n) is 6.94. The molecule has 0 spiro atoms. The van der Waals surface area contributed by atoms with Gasteiger partial charge in [-0.2, -0.15) is 5.10 Å². The van der Waals surface area contributed by atoms with Crippen molar-refractivity contribution in [2.75, 3.05) is 6.54 Å². The minimum absolute atomic E-state index is 0.0368. The number of aryl methyl sites for hydroxylation is 2. The SMILES string of the molecule is Cc1ccccc1C1CC(C)N(C(=O)c2c(C)nn3cccnc23)C1. The van der Waals surface area contributed by atoms with Crippen molar-refractivity contribution in [3.8, 4) is 0 Å². The molecule has 3 heterocycles. The largest absolute Gasteiger partial charge is 0.335 e. The number of aromatic nitrogens is 3. The summed E-state index contributed by atoms with van der Waals surface area (Å²) >= 11 is 0. The Hall–Kier alpha value is -2.69. The molecule has 5 nitrogen and oxygen atoms in total. The Bertz CT molecular complexity index is 946. The van der Waals surface area contributed by atoms with Gasteiger partial charge in [0.25, 0.3) is 5.91 Å². The molecule has 0 N–H and O–H groups in total. The number of fused-ring (bicyclic) bond motifs is 1.